The average molecular weight is 282 g/mol. The van der Waals surface area contributed by atoms with Gasteiger partial charge < -0.3 is 5.11 Å². The Morgan fingerprint density at radius 2 is 2.12 bits per heavy atom. The molecule has 1 N–H and O–H groups in total. The Labute approximate surface area is 106 Å². The number of hydrogen-bond acceptors (Lipinski definition) is 4. The van der Waals surface area contributed by atoms with Gasteiger partial charge in [-0.05, 0) is 13.8 Å². The quantitative estimate of drug-likeness (QED) is 0.870. The van der Waals surface area contributed by atoms with Crippen molar-refractivity contribution in [1.29, 1.82) is 0 Å². The highest BCUT2D eigenvalue weighted by Gasteiger charge is 2.36. The summed E-state index contributed by atoms with van der Waals surface area (Å²) in [6, 6.07) is 0. The molecule has 0 spiro atoms. The van der Waals surface area contributed by atoms with E-state index in [1.807, 2.05) is 0 Å². The van der Waals surface area contributed by atoms with Crippen LogP contribution in [0.15, 0.2) is 11.2 Å². The van der Waals surface area contributed by atoms with Crippen LogP contribution in [0, 0.1) is 0 Å². The third kappa shape index (κ3) is 2.47. The highest BCUT2D eigenvalue weighted by molar-refractivity contribution is 7.89. The van der Waals surface area contributed by atoms with Crippen LogP contribution in [0.25, 0.3) is 0 Å². The monoisotopic (exact) mass is 281 g/mol. The summed E-state index contributed by atoms with van der Waals surface area (Å²) in [4.78, 5) is 0. The van der Waals surface area contributed by atoms with Crippen molar-refractivity contribution in [1.82, 2.24) is 14.1 Å². The lowest BCUT2D eigenvalue weighted by Gasteiger charge is -2.32. The molecule has 1 heterocycles. The Hall–Kier alpha value is -0.630. The highest BCUT2D eigenvalue weighted by Crippen LogP contribution is 2.27. The lowest BCUT2D eigenvalue weighted by molar-refractivity contribution is 0.137. The van der Waals surface area contributed by atoms with Crippen molar-refractivity contribution in [3.63, 3.8) is 0 Å². The van der Waals surface area contributed by atoms with Crippen LogP contribution in [-0.2, 0) is 17.1 Å². The largest absolute Gasteiger partial charge is 0.394 e. The molecule has 98 valence electrons. The van der Waals surface area contributed by atoms with E-state index in [0.29, 0.717) is 0 Å². The van der Waals surface area contributed by atoms with E-state index in [1.54, 1.807) is 13.8 Å². The summed E-state index contributed by atoms with van der Waals surface area (Å²) in [5.41, 5.74) is -0.910. The molecule has 0 saturated carbocycles. The third-order valence-electron chi connectivity index (χ3n) is 2.69. The molecule has 17 heavy (non-hydrogen) atoms. The highest BCUT2D eigenvalue weighted by atomic mass is 35.5. The van der Waals surface area contributed by atoms with Gasteiger partial charge in [-0.2, -0.15) is 9.40 Å². The van der Waals surface area contributed by atoms with Gasteiger partial charge >= 0.3 is 0 Å². The maximum atomic E-state index is 12.3. The Balaban J connectivity index is 3.31. The standard InChI is InChI=1S/C9H16ClN3O3S/c1-9(2,6-14)13(4)17(15,16)8-7(10)5-11-12(8)3/h5,14H,6H2,1-4H3. The number of aliphatic hydroxyl groups excluding tert-OH is 1. The van der Waals surface area contributed by atoms with E-state index >= 15 is 0 Å². The summed E-state index contributed by atoms with van der Waals surface area (Å²) in [5, 5.41) is 13.0. The zero-order chi connectivity index (χ0) is 13.4. The average Bonchev–Trinajstić information content (AvgIpc) is 2.57. The fourth-order valence-electron chi connectivity index (χ4n) is 1.24. The van der Waals surface area contributed by atoms with Crippen molar-refractivity contribution in [3.05, 3.63) is 11.2 Å². The van der Waals surface area contributed by atoms with Gasteiger partial charge in [0.25, 0.3) is 10.0 Å². The van der Waals surface area contributed by atoms with E-state index in [-0.39, 0.29) is 16.7 Å². The van der Waals surface area contributed by atoms with Gasteiger partial charge in [-0.25, -0.2) is 8.42 Å². The minimum atomic E-state index is -3.78. The fraction of sp³-hybridized carbons (Fsp3) is 0.667. The van der Waals surface area contributed by atoms with Crippen molar-refractivity contribution in [2.24, 2.45) is 7.05 Å². The molecule has 0 aliphatic heterocycles. The molecular weight excluding hydrogens is 266 g/mol. The molecule has 0 unspecified atom stereocenters. The van der Waals surface area contributed by atoms with Gasteiger partial charge in [-0.15, -0.1) is 0 Å². The number of hydrogen-bond donors (Lipinski definition) is 1. The van der Waals surface area contributed by atoms with E-state index in [2.05, 4.69) is 5.10 Å². The molecule has 0 aliphatic carbocycles. The third-order valence-corrected chi connectivity index (χ3v) is 5.26. The van der Waals surface area contributed by atoms with Crippen molar-refractivity contribution in [2.75, 3.05) is 13.7 Å². The van der Waals surface area contributed by atoms with Crippen LogP contribution in [0.1, 0.15) is 13.8 Å². The van der Waals surface area contributed by atoms with E-state index in [9.17, 15) is 13.5 Å². The zero-order valence-corrected chi connectivity index (χ0v) is 11.7. The van der Waals surface area contributed by atoms with Crippen LogP contribution in [0.3, 0.4) is 0 Å². The van der Waals surface area contributed by atoms with Crippen LogP contribution < -0.4 is 0 Å². The molecule has 1 aromatic heterocycles. The molecule has 0 aliphatic rings. The predicted molar refractivity (Wildman–Crippen MR) is 64.3 cm³/mol. The molecular formula is C9H16ClN3O3S. The van der Waals surface area contributed by atoms with Gasteiger partial charge in [0, 0.05) is 14.1 Å². The van der Waals surface area contributed by atoms with Crippen LogP contribution in [0.5, 0.6) is 0 Å². The maximum absolute atomic E-state index is 12.3. The number of halogens is 1. The Bertz CT molecular complexity index is 490. The second kappa shape index (κ2) is 4.56. The summed E-state index contributed by atoms with van der Waals surface area (Å²) in [7, 11) is -0.889. The summed E-state index contributed by atoms with van der Waals surface area (Å²) >= 11 is 5.82. The summed E-state index contributed by atoms with van der Waals surface area (Å²) < 4.78 is 26.9. The molecule has 6 nitrogen and oxygen atoms in total. The first-order valence-electron chi connectivity index (χ1n) is 4.92. The minimum Gasteiger partial charge on any atom is -0.394 e. The fourth-order valence-corrected chi connectivity index (χ4v) is 3.35. The van der Waals surface area contributed by atoms with Gasteiger partial charge in [0.05, 0.1) is 23.4 Å². The molecule has 0 saturated heterocycles. The lowest BCUT2D eigenvalue weighted by atomic mass is 10.1. The summed E-state index contributed by atoms with van der Waals surface area (Å²) in [5.74, 6) is 0. The SMILES string of the molecule is CN(C(C)(C)CO)S(=O)(=O)c1c(Cl)cnn1C. The second-order valence-electron chi connectivity index (χ2n) is 4.36. The van der Waals surface area contributed by atoms with Gasteiger partial charge in [0.15, 0.2) is 5.03 Å². The first kappa shape index (κ1) is 14.4. The maximum Gasteiger partial charge on any atom is 0.262 e. The molecule has 0 amide bonds. The number of aromatic nitrogens is 2. The predicted octanol–water partition coefficient (Wildman–Crippen LogP) is 0.465. The molecule has 0 atom stereocenters. The van der Waals surface area contributed by atoms with E-state index in [0.717, 1.165) is 4.31 Å². The number of aryl methyl sites for hydroxylation is 1. The van der Waals surface area contributed by atoms with E-state index in [1.165, 1.54) is 25.0 Å². The molecule has 0 radical (unpaired) electrons. The first-order chi connectivity index (χ1) is 7.64. The summed E-state index contributed by atoms with van der Waals surface area (Å²) in [6.07, 6.45) is 1.27. The molecule has 0 fully saturated rings. The molecule has 0 bridgehead atoms. The van der Waals surface area contributed by atoms with E-state index in [4.69, 9.17) is 11.6 Å². The molecule has 1 aromatic rings. The van der Waals surface area contributed by atoms with Gasteiger partial charge in [-0.1, -0.05) is 11.6 Å². The smallest absolute Gasteiger partial charge is 0.262 e. The molecule has 0 aromatic carbocycles. The number of sulfonamides is 1. The Kier molecular flexibility index (Phi) is 3.87. The Morgan fingerprint density at radius 3 is 2.47 bits per heavy atom. The number of likely N-dealkylation sites (N-methyl/N-ethyl adjacent to an activating group) is 1. The van der Waals surface area contributed by atoms with Crippen LogP contribution >= 0.6 is 11.6 Å². The number of aliphatic hydroxyl groups is 1. The molecule has 8 heteroatoms. The first-order valence-corrected chi connectivity index (χ1v) is 6.74. The van der Waals surface area contributed by atoms with Crippen molar-refractivity contribution in [2.45, 2.75) is 24.4 Å². The zero-order valence-electron chi connectivity index (χ0n) is 10.2. The van der Waals surface area contributed by atoms with Crippen molar-refractivity contribution >= 4 is 21.6 Å². The Morgan fingerprint density at radius 1 is 1.59 bits per heavy atom. The minimum absolute atomic E-state index is 0.0630. The van der Waals surface area contributed by atoms with Gasteiger partial charge in [0.2, 0.25) is 0 Å². The number of nitrogens with zero attached hydrogens (tertiary/aromatic N) is 3. The molecule has 1 rings (SSSR count). The van der Waals surface area contributed by atoms with Crippen LogP contribution in [0.4, 0.5) is 0 Å². The lowest BCUT2D eigenvalue weighted by Crippen LogP contribution is -2.48. The number of rotatable bonds is 4. The second-order valence-corrected chi connectivity index (χ2v) is 6.66. The van der Waals surface area contributed by atoms with Crippen LogP contribution in [-0.4, -0.2) is 46.8 Å². The normalized spacial score (nSPS) is 13.4. The van der Waals surface area contributed by atoms with Gasteiger partial charge in [-0.3, -0.25) is 4.68 Å². The van der Waals surface area contributed by atoms with E-state index < -0.39 is 15.6 Å². The summed E-state index contributed by atoms with van der Waals surface area (Å²) in [6.45, 7) is 2.95. The van der Waals surface area contributed by atoms with Gasteiger partial charge in [0.1, 0.15) is 0 Å². The van der Waals surface area contributed by atoms with Crippen molar-refractivity contribution in [3.8, 4) is 0 Å². The van der Waals surface area contributed by atoms with Crippen molar-refractivity contribution < 1.29 is 13.5 Å². The van der Waals surface area contributed by atoms with Crippen LogP contribution in [0.2, 0.25) is 5.02 Å². The topological polar surface area (TPSA) is 75.4 Å².